The van der Waals surface area contributed by atoms with Gasteiger partial charge in [-0.3, -0.25) is 14.5 Å². The van der Waals surface area contributed by atoms with E-state index in [9.17, 15) is 9.59 Å². The van der Waals surface area contributed by atoms with Crippen LogP contribution in [-0.2, 0) is 9.59 Å². The third-order valence-corrected chi connectivity index (χ3v) is 3.22. The van der Waals surface area contributed by atoms with Crippen LogP contribution in [0.2, 0.25) is 0 Å². The normalized spacial score (nSPS) is 22.9. The molecule has 2 aliphatic rings. The number of imide groups is 1. The van der Waals surface area contributed by atoms with E-state index < -0.39 is 0 Å². The van der Waals surface area contributed by atoms with Gasteiger partial charge in [0, 0.05) is 25.4 Å². The Morgan fingerprint density at radius 2 is 1.88 bits per heavy atom. The van der Waals surface area contributed by atoms with E-state index in [1.54, 1.807) is 0 Å². The Morgan fingerprint density at radius 3 is 2.44 bits per heavy atom. The zero-order valence-electron chi connectivity index (χ0n) is 9.87. The highest BCUT2D eigenvalue weighted by molar-refractivity contribution is 5.97. The Balaban J connectivity index is 1.70. The molecule has 2 rings (SSSR count). The Kier molecular flexibility index (Phi) is 3.59. The second-order valence-corrected chi connectivity index (χ2v) is 5.03. The van der Waals surface area contributed by atoms with Crippen LogP contribution in [0.1, 0.15) is 39.0 Å². The van der Waals surface area contributed by atoms with Crippen LogP contribution in [0.4, 0.5) is 0 Å². The van der Waals surface area contributed by atoms with Crippen LogP contribution in [0.5, 0.6) is 0 Å². The monoisotopic (exact) mass is 224 g/mol. The number of carbonyl (C=O) groups is 2. The van der Waals surface area contributed by atoms with Gasteiger partial charge >= 0.3 is 0 Å². The number of carbonyl (C=O) groups excluding carboxylic acids is 2. The summed E-state index contributed by atoms with van der Waals surface area (Å²) in [5, 5.41) is 3.39. The first-order valence-electron chi connectivity index (χ1n) is 6.23. The van der Waals surface area contributed by atoms with Crippen LogP contribution in [0.15, 0.2) is 0 Å². The molecule has 0 unspecified atom stereocenters. The van der Waals surface area contributed by atoms with Crippen molar-refractivity contribution in [2.24, 2.45) is 5.92 Å². The van der Waals surface area contributed by atoms with E-state index >= 15 is 0 Å². The molecule has 0 aromatic rings. The molecular formula is C12H20N2O2. The Morgan fingerprint density at radius 1 is 1.25 bits per heavy atom. The lowest BCUT2D eigenvalue weighted by Gasteiger charge is -2.28. The van der Waals surface area contributed by atoms with Crippen molar-refractivity contribution in [2.45, 2.75) is 45.1 Å². The average molecular weight is 224 g/mol. The predicted molar refractivity (Wildman–Crippen MR) is 60.8 cm³/mol. The molecule has 1 aliphatic carbocycles. The predicted octanol–water partition coefficient (Wildman–Crippen LogP) is 0.914. The maximum atomic E-state index is 11.6. The van der Waals surface area contributed by atoms with Gasteiger partial charge in [0.1, 0.15) is 0 Å². The van der Waals surface area contributed by atoms with Crippen molar-refractivity contribution < 1.29 is 9.59 Å². The average Bonchev–Trinajstić information content (AvgIpc) is 2.98. The van der Waals surface area contributed by atoms with Crippen molar-refractivity contribution in [2.75, 3.05) is 13.1 Å². The molecular weight excluding hydrogens is 204 g/mol. The minimum Gasteiger partial charge on any atom is -0.314 e. The smallest absolute Gasteiger partial charge is 0.229 e. The van der Waals surface area contributed by atoms with Crippen LogP contribution in [-0.4, -0.2) is 35.8 Å². The summed E-state index contributed by atoms with van der Waals surface area (Å²) in [6.07, 6.45) is 4.49. The summed E-state index contributed by atoms with van der Waals surface area (Å²) in [4.78, 5) is 24.7. The molecule has 4 heteroatoms. The topological polar surface area (TPSA) is 49.4 Å². The molecule has 0 spiro atoms. The van der Waals surface area contributed by atoms with E-state index in [4.69, 9.17) is 0 Å². The summed E-state index contributed by atoms with van der Waals surface area (Å²) in [5.74, 6) is 0.242. The molecule has 4 nitrogen and oxygen atoms in total. The van der Waals surface area contributed by atoms with E-state index in [2.05, 4.69) is 5.32 Å². The second-order valence-electron chi connectivity index (χ2n) is 5.03. The SMILES string of the molecule is CC1CC(=O)N(CCCNC2CC2)C(=O)C1. The molecule has 0 atom stereocenters. The van der Waals surface area contributed by atoms with Gasteiger partial charge in [-0.15, -0.1) is 0 Å². The zero-order chi connectivity index (χ0) is 11.5. The number of likely N-dealkylation sites (tertiary alicyclic amines) is 1. The van der Waals surface area contributed by atoms with E-state index in [0.717, 1.165) is 13.0 Å². The first kappa shape index (κ1) is 11.6. The fraction of sp³-hybridized carbons (Fsp3) is 0.833. The van der Waals surface area contributed by atoms with Crippen molar-refractivity contribution in [3.63, 3.8) is 0 Å². The van der Waals surface area contributed by atoms with Gasteiger partial charge in [0.15, 0.2) is 0 Å². The largest absolute Gasteiger partial charge is 0.314 e. The molecule has 16 heavy (non-hydrogen) atoms. The van der Waals surface area contributed by atoms with Gasteiger partial charge in [-0.25, -0.2) is 0 Å². The lowest BCUT2D eigenvalue weighted by atomic mass is 9.98. The maximum absolute atomic E-state index is 11.6. The highest BCUT2D eigenvalue weighted by Gasteiger charge is 2.29. The molecule has 90 valence electrons. The van der Waals surface area contributed by atoms with Gasteiger partial charge < -0.3 is 5.32 Å². The van der Waals surface area contributed by atoms with Crippen LogP contribution < -0.4 is 5.32 Å². The molecule has 0 bridgehead atoms. The first-order valence-corrected chi connectivity index (χ1v) is 6.23. The number of nitrogens with one attached hydrogen (secondary N) is 1. The van der Waals surface area contributed by atoms with Gasteiger partial charge in [0.25, 0.3) is 0 Å². The minimum atomic E-state index is 0.00942. The third-order valence-electron chi connectivity index (χ3n) is 3.22. The number of nitrogens with zero attached hydrogens (tertiary/aromatic N) is 1. The summed E-state index contributed by atoms with van der Waals surface area (Å²) >= 11 is 0. The Labute approximate surface area is 96.4 Å². The van der Waals surface area contributed by atoms with Crippen molar-refractivity contribution in [3.8, 4) is 0 Å². The van der Waals surface area contributed by atoms with Crippen LogP contribution in [0, 0.1) is 5.92 Å². The van der Waals surface area contributed by atoms with E-state index in [1.807, 2.05) is 6.92 Å². The highest BCUT2D eigenvalue weighted by atomic mass is 16.2. The number of amides is 2. The number of hydrogen-bond donors (Lipinski definition) is 1. The Bertz CT molecular complexity index is 269. The summed E-state index contributed by atoms with van der Waals surface area (Å²) in [6, 6.07) is 0.702. The number of rotatable bonds is 5. The molecule has 1 N–H and O–H groups in total. The Hall–Kier alpha value is -0.900. The molecule has 0 aromatic carbocycles. The zero-order valence-corrected chi connectivity index (χ0v) is 9.87. The fourth-order valence-electron chi connectivity index (χ4n) is 2.11. The standard InChI is InChI=1S/C12H20N2O2/c1-9-7-11(15)14(12(16)8-9)6-2-5-13-10-3-4-10/h9-10,13H,2-8H2,1H3. The van der Waals surface area contributed by atoms with E-state index in [0.29, 0.717) is 25.4 Å². The van der Waals surface area contributed by atoms with Crippen molar-refractivity contribution in [3.05, 3.63) is 0 Å². The molecule has 2 fully saturated rings. The van der Waals surface area contributed by atoms with Crippen molar-refractivity contribution >= 4 is 11.8 Å². The lowest BCUT2D eigenvalue weighted by molar-refractivity contribution is -0.149. The minimum absolute atomic E-state index is 0.00942. The van der Waals surface area contributed by atoms with E-state index in [1.165, 1.54) is 17.7 Å². The summed E-state index contributed by atoms with van der Waals surface area (Å²) in [6.45, 7) is 3.46. The molecule has 1 aliphatic heterocycles. The van der Waals surface area contributed by atoms with Crippen LogP contribution in [0.3, 0.4) is 0 Å². The molecule has 2 amide bonds. The lowest BCUT2D eigenvalue weighted by Crippen LogP contribution is -2.43. The second kappa shape index (κ2) is 4.95. The molecule has 0 radical (unpaired) electrons. The maximum Gasteiger partial charge on any atom is 0.229 e. The highest BCUT2D eigenvalue weighted by Crippen LogP contribution is 2.20. The molecule has 1 heterocycles. The van der Waals surface area contributed by atoms with Crippen LogP contribution >= 0.6 is 0 Å². The quantitative estimate of drug-likeness (QED) is 0.558. The first-order chi connectivity index (χ1) is 7.66. The van der Waals surface area contributed by atoms with Gasteiger partial charge in [-0.2, -0.15) is 0 Å². The van der Waals surface area contributed by atoms with Gasteiger partial charge in [0.05, 0.1) is 0 Å². The number of piperidine rings is 1. The summed E-state index contributed by atoms with van der Waals surface area (Å²) in [5.41, 5.74) is 0. The van der Waals surface area contributed by atoms with Gasteiger partial charge in [-0.1, -0.05) is 6.92 Å². The van der Waals surface area contributed by atoms with E-state index in [-0.39, 0.29) is 17.7 Å². The third kappa shape index (κ3) is 3.04. The van der Waals surface area contributed by atoms with Gasteiger partial charge in [-0.05, 0) is 31.7 Å². The molecule has 0 aromatic heterocycles. The van der Waals surface area contributed by atoms with Gasteiger partial charge in [0.2, 0.25) is 11.8 Å². The number of hydrogen-bond acceptors (Lipinski definition) is 3. The molecule has 1 saturated carbocycles. The summed E-state index contributed by atoms with van der Waals surface area (Å²) in [7, 11) is 0. The summed E-state index contributed by atoms with van der Waals surface area (Å²) < 4.78 is 0. The molecule has 1 saturated heterocycles. The van der Waals surface area contributed by atoms with Crippen molar-refractivity contribution in [1.29, 1.82) is 0 Å². The van der Waals surface area contributed by atoms with Crippen molar-refractivity contribution in [1.82, 2.24) is 10.2 Å². The fourth-order valence-corrected chi connectivity index (χ4v) is 2.11. The van der Waals surface area contributed by atoms with Crippen LogP contribution in [0.25, 0.3) is 0 Å².